The predicted molar refractivity (Wildman–Crippen MR) is 26.0 cm³/mol. The third-order valence-corrected chi connectivity index (χ3v) is 1.77. The zero-order valence-electron chi connectivity index (χ0n) is 4.26. The van der Waals surface area contributed by atoms with Gasteiger partial charge < -0.3 is 0 Å². The third kappa shape index (κ3) is 4.59. The number of carbonyl (C=O) groups is 1. The first-order valence-corrected chi connectivity index (χ1v) is 4.77. The summed E-state index contributed by atoms with van der Waals surface area (Å²) in [5.74, 6) is 0.0806. The van der Waals surface area contributed by atoms with Gasteiger partial charge in [-0.1, -0.05) is 0 Å². The van der Waals surface area contributed by atoms with Crippen LogP contribution in [0, 0.1) is 0 Å². The molecule has 0 aliphatic heterocycles. The molecule has 0 unspecified atom stereocenters. The van der Waals surface area contributed by atoms with Crippen LogP contribution in [0.4, 0.5) is 0 Å². The summed E-state index contributed by atoms with van der Waals surface area (Å²) < 4.78 is 4.46. The average molecular weight is 320 g/mol. The Bertz CT molecular complexity index is 102. The molecule has 0 aromatic carbocycles. The molecule has 0 heterocycles. The van der Waals surface area contributed by atoms with Gasteiger partial charge >= 0.3 is 69.6 Å². The van der Waals surface area contributed by atoms with E-state index in [4.69, 9.17) is 11.6 Å². The summed E-state index contributed by atoms with van der Waals surface area (Å²) >= 11 is 5.32. The van der Waals surface area contributed by atoms with Crippen molar-refractivity contribution in [1.29, 1.82) is 0 Å². The van der Waals surface area contributed by atoms with Crippen LogP contribution in [0.2, 0.25) is 0 Å². The van der Waals surface area contributed by atoms with Gasteiger partial charge in [-0.3, -0.25) is 0 Å². The summed E-state index contributed by atoms with van der Waals surface area (Å²) in [6.07, 6.45) is 2.89. The zero-order valence-corrected chi connectivity index (χ0v) is 10.5. The van der Waals surface area contributed by atoms with E-state index < -0.39 is 0 Å². The molecule has 0 aromatic rings. The standard InChI is InChI=1S/C4H5ClO2.Hg/c5-3-1-2-4(6)7;/h1-2H,3H2,(H,6,7);/q;+1/p-1/b2-1+;. The Morgan fingerprint density at radius 3 is 2.88 bits per heavy atom. The fourth-order valence-corrected chi connectivity index (χ4v) is 0.652. The Morgan fingerprint density at radius 2 is 2.50 bits per heavy atom. The van der Waals surface area contributed by atoms with Crippen LogP contribution in [0.15, 0.2) is 12.2 Å². The summed E-state index contributed by atoms with van der Waals surface area (Å²) in [6.45, 7) is 0. The number of allylic oxidation sites excluding steroid dienone is 1. The number of hydrogen-bond donors (Lipinski definition) is 0. The normalized spacial score (nSPS) is 9.88. The van der Waals surface area contributed by atoms with E-state index in [-0.39, 0.29) is 32.5 Å². The van der Waals surface area contributed by atoms with Crippen LogP contribution in [-0.4, -0.2) is 11.8 Å². The number of rotatable bonds is 2. The fraction of sp³-hybridized carbons (Fsp3) is 0.250. The first-order chi connectivity index (χ1) is 3.81. The first kappa shape index (κ1) is 8.44. The van der Waals surface area contributed by atoms with Gasteiger partial charge in [-0.15, -0.1) is 0 Å². The second kappa shape index (κ2) is 5.57. The minimum atomic E-state index is -0.283. The Morgan fingerprint density at radius 1 is 1.88 bits per heavy atom. The predicted octanol–water partition coefficient (Wildman–Crippen LogP) is 0.786. The van der Waals surface area contributed by atoms with Crippen LogP contribution in [0.3, 0.4) is 0 Å². The molecule has 41 valence electrons. The van der Waals surface area contributed by atoms with Crippen LogP contribution in [0.1, 0.15) is 0 Å². The molecule has 2 nitrogen and oxygen atoms in total. The SMILES string of the molecule is O=C(/C=C/CCl)[O][Hg]. The summed E-state index contributed by atoms with van der Waals surface area (Å²) in [4.78, 5) is 10.3. The molecule has 0 saturated carbocycles. The molecule has 0 atom stereocenters. The van der Waals surface area contributed by atoms with Crippen LogP contribution < -0.4 is 0 Å². The molecule has 0 fully saturated rings. The van der Waals surface area contributed by atoms with E-state index in [1.54, 1.807) is 6.08 Å². The van der Waals surface area contributed by atoms with Crippen molar-refractivity contribution in [3.8, 4) is 0 Å². The monoisotopic (exact) mass is 321 g/mol. The molecular formula is C4H4ClHgO2. The van der Waals surface area contributed by atoms with Crippen LogP contribution in [-0.2, 0) is 34.0 Å². The van der Waals surface area contributed by atoms with Gasteiger partial charge in [-0.2, -0.15) is 0 Å². The number of alkyl halides is 1. The Labute approximate surface area is 69.5 Å². The van der Waals surface area contributed by atoms with Crippen molar-refractivity contribution < 1.29 is 34.0 Å². The number of carbonyl (C=O) groups excluding carboxylic acids is 1. The van der Waals surface area contributed by atoms with Gasteiger partial charge in [0.25, 0.3) is 0 Å². The average Bonchev–Trinajstić information content (AvgIpc) is 1.83. The minimum absolute atomic E-state index is 0.0959. The van der Waals surface area contributed by atoms with Crippen LogP contribution >= 0.6 is 11.6 Å². The molecule has 0 aliphatic carbocycles. The second-order valence-electron chi connectivity index (χ2n) is 1.02. The van der Waals surface area contributed by atoms with E-state index in [9.17, 15) is 4.79 Å². The zero-order chi connectivity index (χ0) is 6.41. The van der Waals surface area contributed by atoms with Crippen molar-refractivity contribution >= 4 is 17.6 Å². The van der Waals surface area contributed by atoms with Crippen molar-refractivity contribution in [2.75, 3.05) is 5.88 Å². The van der Waals surface area contributed by atoms with E-state index in [0.717, 1.165) is 0 Å². The molecule has 0 rings (SSSR count). The van der Waals surface area contributed by atoms with Gasteiger partial charge in [-0.25, -0.2) is 0 Å². The quantitative estimate of drug-likeness (QED) is 0.427. The molecule has 0 bridgehead atoms. The number of halogens is 1. The fourth-order valence-electron chi connectivity index (χ4n) is 0.189. The maximum atomic E-state index is 10.3. The van der Waals surface area contributed by atoms with Crippen molar-refractivity contribution in [2.45, 2.75) is 0 Å². The van der Waals surface area contributed by atoms with Crippen molar-refractivity contribution in [3.63, 3.8) is 0 Å². The molecule has 0 saturated heterocycles. The van der Waals surface area contributed by atoms with Gasteiger partial charge in [0.1, 0.15) is 0 Å². The summed E-state index contributed by atoms with van der Waals surface area (Å²) in [6, 6.07) is 0. The Balaban J connectivity index is 3.37. The molecule has 8 heavy (non-hydrogen) atoms. The summed E-state index contributed by atoms with van der Waals surface area (Å²) in [5, 5.41) is 0. The van der Waals surface area contributed by atoms with Crippen molar-refractivity contribution in [1.82, 2.24) is 0 Å². The van der Waals surface area contributed by atoms with Gasteiger partial charge in [0.05, 0.1) is 0 Å². The van der Waals surface area contributed by atoms with Gasteiger partial charge in [0.15, 0.2) is 0 Å². The molecule has 4 heteroatoms. The molecule has 0 N–H and O–H groups in total. The Kier molecular flexibility index (Phi) is 5.87. The second-order valence-corrected chi connectivity index (χ2v) is 2.45. The Hall–Kier alpha value is 0.435. The summed E-state index contributed by atoms with van der Waals surface area (Å²) in [7, 11) is 0. The van der Waals surface area contributed by atoms with Gasteiger partial charge in [-0.05, 0) is 0 Å². The molecule has 0 spiro atoms. The molecule has 0 aromatic heterocycles. The van der Waals surface area contributed by atoms with Crippen molar-refractivity contribution in [3.05, 3.63) is 12.2 Å². The van der Waals surface area contributed by atoms with Crippen molar-refractivity contribution in [2.24, 2.45) is 0 Å². The third-order valence-electron chi connectivity index (χ3n) is 0.485. The van der Waals surface area contributed by atoms with E-state index in [1.165, 1.54) is 6.08 Å². The van der Waals surface area contributed by atoms with Gasteiger partial charge in [0.2, 0.25) is 0 Å². The van der Waals surface area contributed by atoms with E-state index in [2.05, 4.69) is 2.64 Å². The molecule has 0 amide bonds. The molecule has 0 radical (unpaired) electrons. The first-order valence-electron chi connectivity index (χ1n) is 1.99. The van der Waals surface area contributed by atoms with Gasteiger partial charge in [0, 0.05) is 0 Å². The maximum absolute atomic E-state index is 10.3. The van der Waals surface area contributed by atoms with Crippen LogP contribution in [0.5, 0.6) is 0 Å². The molecule has 0 aliphatic rings. The number of hydrogen-bond acceptors (Lipinski definition) is 2. The van der Waals surface area contributed by atoms with E-state index >= 15 is 0 Å². The molecular weight excluding hydrogens is 316 g/mol. The summed E-state index contributed by atoms with van der Waals surface area (Å²) in [5.41, 5.74) is 0. The topological polar surface area (TPSA) is 26.3 Å². The van der Waals surface area contributed by atoms with Crippen LogP contribution in [0.25, 0.3) is 0 Å². The van der Waals surface area contributed by atoms with E-state index in [0.29, 0.717) is 5.88 Å². The van der Waals surface area contributed by atoms with E-state index in [1.807, 2.05) is 0 Å².